The molecule has 0 atom stereocenters. The molecule has 0 bridgehead atoms. The van der Waals surface area contributed by atoms with Crippen molar-refractivity contribution in [2.75, 3.05) is 0 Å². The smallest absolute Gasteiger partial charge is 0.138 e. The summed E-state index contributed by atoms with van der Waals surface area (Å²) in [6, 6.07) is 0. The van der Waals surface area contributed by atoms with Gasteiger partial charge in [-0.2, -0.15) is 0 Å². The van der Waals surface area contributed by atoms with Crippen LogP contribution in [0.4, 0.5) is 0 Å². The minimum absolute atomic E-state index is 0.118. The third-order valence-electron chi connectivity index (χ3n) is 1.04. The highest BCUT2D eigenvalue weighted by atomic mass is 16.4. The SMILES string of the molecule is CC(C)CC(=O)C/C=N\O. The Balaban J connectivity index is 3.44. The lowest BCUT2D eigenvalue weighted by Crippen LogP contribution is -2.02. The zero-order valence-electron chi connectivity index (χ0n) is 6.37. The van der Waals surface area contributed by atoms with E-state index in [9.17, 15) is 4.79 Å². The highest BCUT2D eigenvalue weighted by Crippen LogP contribution is 2.00. The molecule has 0 aliphatic rings. The number of hydrogen-bond acceptors (Lipinski definition) is 3. The van der Waals surface area contributed by atoms with Crippen LogP contribution in [0.25, 0.3) is 0 Å². The monoisotopic (exact) mass is 143 g/mol. The van der Waals surface area contributed by atoms with Gasteiger partial charge in [0.25, 0.3) is 0 Å². The molecule has 0 aromatic heterocycles. The summed E-state index contributed by atoms with van der Waals surface area (Å²) in [6.07, 6.45) is 2.02. The lowest BCUT2D eigenvalue weighted by Gasteiger charge is -1.98. The van der Waals surface area contributed by atoms with Gasteiger partial charge in [-0.3, -0.25) is 4.79 Å². The molecule has 0 aromatic carbocycles. The van der Waals surface area contributed by atoms with Gasteiger partial charge in [0.05, 0.1) is 6.21 Å². The molecule has 1 N–H and O–H groups in total. The average Bonchev–Trinajstić information content (AvgIpc) is 1.82. The van der Waals surface area contributed by atoms with Crippen LogP contribution in [-0.2, 0) is 4.79 Å². The van der Waals surface area contributed by atoms with Gasteiger partial charge < -0.3 is 5.21 Å². The molecule has 0 heterocycles. The van der Waals surface area contributed by atoms with Crippen molar-refractivity contribution in [3.05, 3.63) is 0 Å². The highest BCUT2D eigenvalue weighted by molar-refractivity contribution is 5.91. The number of rotatable bonds is 4. The predicted molar refractivity (Wildman–Crippen MR) is 39.4 cm³/mol. The third kappa shape index (κ3) is 5.28. The van der Waals surface area contributed by atoms with E-state index in [1.54, 1.807) is 0 Å². The van der Waals surface area contributed by atoms with Crippen LogP contribution in [0, 0.1) is 5.92 Å². The lowest BCUT2D eigenvalue weighted by atomic mass is 10.1. The Hall–Kier alpha value is -0.860. The van der Waals surface area contributed by atoms with Crippen molar-refractivity contribution in [3.8, 4) is 0 Å². The second-order valence-corrected chi connectivity index (χ2v) is 2.64. The fraction of sp³-hybridized carbons (Fsp3) is 0.714. The van der Waals surface area contributed by atoms with Crippen molar-refractivity contribution in [2.24, 2.45) is 11.1 Å². The van der Waals surface area contributed by atoms with Gasteiger partial charge in [-0.15, -0.1) is 5.16 Å². The Kier molecular flexibility index (Phi) is 4.54. The Morgan fingerprint density at radius 2 is 2.30 bits per heavy atom. The fourth-order valence-electron chi connectivity index (χ4n) is 0.681. The molecule has 0 saturated carbocycles. The van der Waals surface area contributed by atoms with Crippen LogP contribution in [0.1, 0.15) is 26.7 Å². The number of oxime groups is 1. The maximum atomic E-state index is 10.8. The molecule has 3 nitrogen and oxygen atoms in total. The van der Waals surface area contributed by atoms with Crippen molar-refractivity contribution in [1.82, 2.24) is 0 Å². The molecule has 3 heteroatoms. The average molecular weight is 143 g/mol. The number of ketones is 1. The second kappa shape index (κ2) is 4.97. The first-order chi connectivity index (χ1) is 4.66. The molecule has 0 saturated heterocycles. The maximum Gasteiger partial charge on any atom is 0.138 e. The van der Waals surface area contributed by atoms with Crippen LogP contribution in [-0.4, -0.2) is 17.2 Å². The lowest BCUT2D eigenvalue weighted by molar-refractivity contribution is -0.118. The minimum atomic E-state index is 0.118. The van der Waals surface area contributed by atoms with E-state index in [1.165, 1.54) is 6.21 Å². The first-order valence-electron chi connectivity index (χ1n) is 3.34. The summed E-state index contributed by atoms with van der Waals surface area (Å²) in [5.41, 5.74) is 0. The minimum Gasteiger partial charge on any atom is -0.411 e. The van der Waals surface area contributed by atoms with E-state index in [1.807, 2.05) is 13.8 Å². The molecule has 10 heavy (non-hydrogen) atoms. The van der Waals surface area contributed by atoms with E-state index in [2.05, 4.69) is 5.16 Å². The summed E-state index contributed by atoms with van der Waals surface area (Å²) < 4.78 is 0. The molecule has 0 unspecified atom stereocenters. The van der Waals surface area contributed by atoms with Gasteiger partial charge in [-0.05, 0) is 5.92 Å². The predicted octanol–water partition coefficient (Wildman–Crippen LogP) is 1.45. The Morgan fingerprint density at radius 1 is 1.70 bits per heavy atom. The zero-order valence-corrected chi connectivity index (χ0v) is 6.37. The second-order valence-electron chi connectivity index (χ2n) is 2.64. The number of nitrogens with zero attached hydrogens (tertiary/aromatic N) is 1. The van der Waals surface area contributed by atoms with E-state index < -0.39 is 0 Å². The van der Waals surface area contributed by atoms with E-state index in [0.29, 0.717) is 12.3 Å². The molecule has 0 aromatic rings. The van der Waals surface area contributed by atoms with E-state index in [-0.39, 0.29) is 12.2 Å². The van der Waals surface area contributed by atoms with Crippen molar-refractivity contribution in [3.63, 3.8) is 0 Å². The van der Waals surface area contributed by atoms with Crippen LogP contribution < -0.4 is 0 Å². The number of carbonyl (C=O) groups excluding carboxylic acids is 1. The quantitative estimate of drug-likeness (QED) is 0.368. The van der Waals surface area contributed by atoms with Gasteiger partial charge in [-0.1, -0.05) is 13.8 Å². The summed E-state index contributed by atoms with van der Waals surface area (Å²) in [7, 11) is 0. The van der Waals surface area contributed by atoms with Crippen molar-refractivity contribution in [2.45, 2.75) is 26.7 Å². The van der Waals surface area contributed by atoms with Gasteiger partial charge in [0, 0.05) is 12.8 Å². The number of carbonyl (C=O) groups is 1. The summed E-state index contributed by atoms with van der Waals surface area (Å²) in [4.78, 5) is 10.8. The van der Waals surface area contributed by atoms with Gasteiger partial charge in [-0.25, -0.2) is 0 Å². The molecule has 0 spiro atoms. The van der Waals surface area contributed by atoms with Crippen LogP contribution in [0.3, 0.4) is 0 Å². The highest BCUT2D eigenvalue weighted by Gasteiger charge is 2.02. The summed E-state index contributed by atoms with van der Waals surface area (Å²) in [6.45, 7) is 3.96. The molecule has 0 rings (SSSR count). The van der Waals surface area contributed by atoms with Crippen molar-refractivity contribution in [1.29, 1.82) is 0 Å². The first-order valence-corrected chi connectivity index (χ1v) is 3.34. The molecular formula is C7H13NO2. The standard InChI is InChI=1S/C7H13NO2/c1-6(2)5-7(9)3-4-8-10/h4,6,10H,3,5H2,1-2H3/b8-4-. The van der Waals surface area contributed by atoms with Gasteiger partial charge in [0.1, 0.15) is 5.78 Å². The maximum absolute atomic E-state index is 10.8. The Morgan fingerprint density at radius 3 is 2.70 bits per heavy atom. The summed E-state index contributed by atoms with van der Waals surface area (Å²) in [5.74, 6) is 0.507. The van der Waals surface area contributed by atoms with Gasteiger partial charge >= 0.3 is 0 Å². The first kappa shape index (κ1) is 9.14. The fourth-order valence-corrected chi connectivity index (χ4v) is 0.681. The largest absolute Gasteiger partial charge is 0.411 e. The van der Waals surface area contributed by atoms with Gasteiger partial charge in [0.15, 0.2) is 0 Å². The number of hydrogen-bond donors (Lipinski definition) is 1. The van der Waals surface area contributed by atoms with Crippen LogP contribution >= 0.6 is 0 Å². The zero-order chi connectivity index (χ0) is 7.98. The normalized spacial score (nSPS) is 11.1. The molecule has 0 aliphatic heterocycles. The number of Topliss-reactive ketones (excluding diaryl/α,β-unsaturated/α-hetero) is 1. The summed E-state index contributed by atoms with van der Waals surface area (Å²) >= 11 is 0. The molecule has 0 aliphatic carbocycles. The molecule has 0 amide bonds. The Bertz CT molecular complexity index is 130. The van der Waals surface area contributed by atoms with E-state index in [0.717, 1.165) is 0 Å². The molecule has 0 radical (unpaired) electrons. The van der Waals surface area contributed by atoms with E-state index >= 15 is 0 Å². The van der Waals surface area contributed by atoms with Crippen molar-refractivity contribution >= 4 is 12.0 Å². The van der Waals surface area contributed by atoms with Crippen LogP contribution in [0.5, 0.6) is 0 Å². The van der Waals surface area contributed by atoms with Gasteiger partial charge in [0.2, 0.25) is 0 Å². The van der Waals surface area contributed by atoms with Crippen molar-refractivity contribution < 1.29 is 10.0 Å². The third-order valence-corrected chi connectivity index (χ3v) is 1.04. The summed E-state index contributed by atoms with van der Waals surface area (Å²) in [5, 5.41) is 10.7. The topological polar surface area (TPSA) is 49.7 Å². The molecular weight excluding hydrogens is 130 g/mol. The molecule has 0 fully saturated rings. The molecule has 58 valence electrons. The van der Waals surface area contributed by atoms with E-state index in [4.69, 9.17) is 5.21 Å². The Labute approximate surface area is 60.7 Å². The van der Waals surface area contributed by atoms with Crippen LogP contribution in [0.2, 0.25) is 0 Å². The van der Waals surface area contributed by atoms with Crippen LogP contribution in [0.15, 0.2) is 5.16 Å².